The van der Waals surface area contributed by atoms with Gasteiger partial charge in [-0.2, -0.15) is 0 Å². The van der Waals surface area contributed by atoms with Crippen molar-refractivity contribution < 1.29 is 28.6 Å². The number of ether oxygens (including phenoxy) is 1. The SMILES string of the molecule is CCCC(Nc1ccc(N2CCC(O)(CC(=O)OC(C)(C)C)CC2)c(F)c1)C(=O)NC=O. The van der Waals surface area contributed by atoms with Crippen molar-refractivity contribution in [1.82, 2.24) is 5.32 Å². The van der Waals surface area contributed by atoms with Gasteiger partial charge in [-0.1, -0.05) is 13.3 Å². The Balaban J connectivity index is 2.00. The molecule has 1 aliphatic heterocycles. The lowest BCUT2D eigenvalue weighted by molar-refractivity contribution is -0.161. The first kappa shape index (κ1) is 25.6. The number of amides is 2. The minimum atomic E-state index is -1.17. The van der Waals surface area contributed by atoms with E-state index in [-0.39, 0.29) is 6.42 Å². The smallest absolute Gasteiger partial charge is 0.309 e. The zero-order valence-corrected chi connectivity index (χ0v) is 19.2. The molecule has 0 saturated carbocycles. The number of benzene rings is 1. The van der Waals surface area contributed by atoms with E-state index in [2.05, 4.69) is 10.6 Å². The lowest BCUT2D eigenvalue weighted by atomic mass is 9.88. The van der Waals surface area contributed by atoms with Crippen molar-refractivity contribution in [3.8, 4) is 0 Å². The van der Waals surface area contributed by atoms with Crippen molar-refractivity contribution >= 4 is 29.7 Å². The summed E-state index contributed by atoms with van der Waals surface area (Å²) in [7, 11) is 0. The number of imide groups is 1. The number of carbonyl (C=O) groups is 3. The second-order valence-electron chi connectivity index (χ2n) is 9.25. The fourth-order valence-corrected chi connectivity index (χ4v) is 3.76. The summed E-state index contributed by atoms with van der Waals surface area (Å²) >= 11 is 0. The molecule has 1 unspecified atom stereocenters. The molecule has 0 bridgehead atoms. The molecular formula is C23H34FN3O5. The molecule has 1 fully saturated rings. The van der Waals surface area contributed by atoms with Crippen molar-refractivity contribution in [2.24, 2.45) is 0 Å². The number of piperidine rings is 1. The van der Waals surface area contributed by atoms with Gasteiger partial charge < -0.3 is 20.1 Å². The molecule has 1 aromatic rings. The fraction of sp³-hybridized carbons (Fsp3) is 0.609. The van der Waals surface area contributed by atoms with Gasteiger partial charge in [-0.05, 0) is 58.2 Å². The normalized spacial score (nSPS) is 16.8. The van der Waals surface area contributed by atoms with Crippen LogP contribution >= 0.6 is 0 Å². The number of carbonyl (C=O) groups excluding carboxylic acids is 3. The number of hydrogen-bond donors (Lipinski definition) is 3. The van der Waals surface area contributed by atoms with Gasteiger partial charge >= 0.3 is 5.97 Å². The molecule has 0 aliphatic carbocycles. The van der Waals surface area contributed by atoms with Crippen LogP contribution in [-0.2, 0) is 19.1 Å². The summed E-state index contributed by atoms with van der Waals surface area (Å²) in [5.41, 5.74) is -0.962. The summed E-state index contributed by atoms with van der Waals surface area (Å²) in [6, 6.07) is 3.97. The van der Waals surface area contributed by atoms with Gasteiger partial charge in [-0.25, -0.2) is 4.39 Å². The van der Waals surface area contributed by atoms with E-state index >= 15 is 0 Å². The molecule has 0 spiro atoms. The summed E-state index contributed by atoms with van der Waals surface area (Å²) in [5, 5.41) is 15.9. The molecule has 1 aromatic carbocycles. The van der Waals surface area contributed by atoms with Gasteiger partial charge in [0.2, 0.25) is 12.3 Å². The highest BCUT2D eigenvalue weighted by Crippen LogP contribution is 2.32. The zero-order valence-electron chi connectivity index (χ0n) is 19.2. The van der Waals surface area contributed by atoms with Crippen LogP contribution in [0.25, 0.3) is 0 Å². The van der Waals surface area contributed by atoms with Crippen LogP contribution in [0.5, 0.6) is 0 Å². The van der Waals surface area contributed by atoms with E-state index in [0.29, 0.717) is 56.6 Å². The monoisotopic (exact) mass is 451 g/mol. The van der Waals surface area contributed by atoms with Crippen LogP contribution in [0, 0.1) is 5.82 Å². The quantitative estimate of drug-likeness (QED) is 0.391. The second-order valence-corrected chi connectivity index (χ2v) is 9.25. The Morgan fingerprint density at radius 3 is 2.50 bits per heavy atom. The van der Waals surface area contributed by atoms with E-state index in [4.69, 9.17) is 4.74 Å². The summed E-state index contributed by atoms with van der Waals surface area (Å²) < 4.78 is 20.1. The third-order valence-electron chi connectivity index (χ3n) is 5.31. The zero-order chi connectivity index (χ0) is 23.9. The number of hydrogen-bond acceptors (Lipinski definition) is 7. The van der Waals surface area contributed by atoms with Crippen LogP contribution in [-0.4, -0.2) is 53.7 Å². The number of halogens is 1. The molecule has 1 heterocycles. The lowest BCUT2D eigenvalue weighted by Crippen LogP contribution is -2.46. The molecule has 1 aliphatic rings. The first-order valence-electron chi connectivity index (χ1n) is 11.0. The molecule has 9 heteroatoms. The predicted octanol–water partition coefficient (Wildman–Crippen LogP) is 2.74. The van der Waals surface area contributed by atoms with Crippen LogP contribution in [0.4, 0.5) is 15.8 Å². The topological polar surface area (TPSA) is 108 Å². The number of nitrogens with zero attached hydrogens (tertiary/aromatic N) is 1. The highest BCUT2D eigenvalue weighted by Gasteiger charge is 2.36. The summed E-state index contributed by atoms with van der Waals surface area (Å²) in [4.78, 5) is 36.4. The Kier molecular flexibility index (Phi) is 8.60. The molecule has 3 N–H and O–H groups in total. The van der Waals surface area contributed by atoms with Crippen molar-refractivity contribution in [2.75, 3.05) is 23.3 Å². The molecule has 32 heavy (non-hydrogen) atoms. The van der Waals surface area contributed by atoms with Crippen LogP contribution < -0.4 is 15.5 Å². The number of rotatable bonds is 9. The van der Waals surface area contributed by atoms with E-state index in [1.807, 2.05) is 11.8 Å². The molecule has 178 valence electrons. The number of esters is 1. The third kappa shape index (κ3) is 7.47. The standard InChI is InChI=1S/C23H34FN3O5/c1-5-6-18(21(30)25-15-28)26-16-7-8-19(17(24)13-16)27-11-9-23(31,10-12-27)14-20(29)32-22(2,3)4/h7-8,13,15,18,26,31H,5-6,9-12,14H2,1-4H3,(H,25,28,30). The molecule has 0 aromatic heterocycles. The molecule has 2 rings (SSSR count). The minimum absolute atomic E-state index is 0.0921. The average Bonchev–Trinajstić information content (AvgIpc) is 2.67. The van der Waals surface area contributed by atoms with Gasteiger partial charge in [-0.15, -0.1) is 0 Å². The van der Waals surface area contributed by atoms with Crippen LogP contribution in [0.3, 0.4) is 0 Å². The van der Waals surface area contributed by atoms with E-state index in [9.17, 15) is 23.9 Å². The van der Waals surface area contributed by atoms with Crippen molar-refractivity contribution in [1.29, 1.82) is 0 Å². The minimum Gasteiger partial charge on any atom is -0.460 e. The lowest BCUT2D eigenvalue weighted by Gasteiger charge is -2.39. The number of anilines is 2. The molecule has 1 atom stereocenters. The Hall–Kier alpha value is -2.68. The van der Waals surface area contributed by atoms with Gasteiger partial charge in [-0.3, -0.25) is 19.7 Å². The highest BCUT2D eigenvalue weighted by atomic mass is 19.1. The Labute approximate surface area is 188 Å². The maximum atomic E-state index is 14.8. The van der Waals surface area contributed by atoms with E-state index in [0.717, 1.165) is 0 Å². The van der Waals surface area contributed by atoms with Crippen molar-refractivity contribution in [2.45, 2.75) is 77.0 Å². The van der Waals surface area contributed by atoms with E-state index < -0.39 is 34.9 Å². The largest absolute Gasteiger partial charge is 0.460 e. The average molecular weight is 452 g/mol. The van der Waals surface area contributed by atoms with Gasteiger partial charge in [0.15, 0.2) is 0 Å². The van der Waals surface area contributed by atoms with Crippen LogP contribution in [0.1, 0.15) is 59.8 Å². The van der Waals surface area contributed by atoms with Gasteiger partial charge in [0.1, 0.15) is 17.5 Å². The molecular weight excluding hydrogens is 417 g/mol. The number of nitrogens with one attached hydrogen (secondary N) is 2. The van der Waals surface area contributed by atoms with Crippen molar-refractivity contribution in [3.05, 3.63) is 24.0 Å². The molecule has 2 amide bonds. The Bertz CT molecular complexity index is 816. The van der Waals surface area contributed by atoms with Crippen LogP contribution in [0.15, 0.2) is 18.2 Å². The summed E-state index contributed by atoms with van der Waals surface area (Å²) in [5.74, 6) is -1.37. The second kappa shape index (κ2) is 10.8. The molecule has 1 saturated heterocycles. The molecule has 8 nitrogen and oxygen atoms in total. The predicted molar refractivity (Wildman–Crippen MR) is 120 cm³/mol. The van der Waals surface area contributed by atoms with Crippen molar-refractivity contribution in [3.63, 3.8) is 0 Å². The summed E-state index contributed by atoms with van der Waals surface area (Å²) in [6.07, 6.45) is 2.07. The fourth-order valence-electron chi connectivity index (χ4n) is 3.76. The van der Waals surface area contributed by atoms with Gasteiger partial charge in [0.25, 0.3) is 0 Å². The highest BCUT2D eigenvalue weighted by molar-refractivity contribution is 5.91. The number of aliphatic hydroxyl groups is 1. The maximum Gasteiger partial charge on any atom is 0.309 e. The molecule has 0 radical (unpaired) electrons. The van der Waals surface area contributed by atoms with Gasteiger partial charge in [0, 0.05) is 18.8 Å². The maximum absolute atomic E-state index is 14.8. The Morgan fingerprint density at radius 2 is 1.97 bits per heavy atom. The Morgan fingerprint density at radius 1 is 1.31 bits per heavy atom. The van der Waals surface area contributed by atoms with E-state index in [1.54, 1.807) is 32.9 Å². The first-order chi connectivity index (χ1) is 15.0. The van der Waals surface area contributed by atoms with E-state index in [1.165, 1.54) is 6.07 Å². The van der Waals surface area contributed by atoms with Gasteiger partial charge in [0.05, 0.1) is 17.7 Å². The first-order valence-corrected chi connectivity index (χ1v) is 11.0. The van der Waals surface area contributed by atoms with Crippen LogP contribution in [0.2, 0.25) is 0 Å². The summed E-state index contributed by atoms with van der Waals surface area (Å²) in [6.45, 7) is 8.02. The third-order valence-corrected chi connectivity index (χ3v) is 5.31.